The lowest BCUT2D eigenvalue weighted by Crippen LogP contribution is -2.14. The van der Waals surface area contributed by atoms with Crippen molar-refractivity contribution in [3.05, 3.63) is 94.5 Å². The van der Waals surface area contributed by atoms with Crippen molar-refractivity contribution < 1.29 is 24.5 Å². The molecule has 0 saturated heterocycles. The number of aromatic amines is 1. The summed E-state index contributed by atoms with van der Waals surface area (Å²) in [6.07, 6.45) is 0. The van der Waals surface area contributed by atoms with Crippen molar-refractivity contribution in [2.24, 2.45) is 4.99 Å². The van der Waals surface area contributed by atoms with Gasteiger partial charge in [0.2, 0.25) is 0 Å². The summed E-state index contributed by atoms with van der Waals surface area (Å²) < 4.78 is 4.79. The van der Waals surface area contributed by atoms with Crippen LogP contribution >= 0.6 is 0 Å². The van der Waals surface area contributed by atoms with Gasteiger partial charge < -0.3 is 24.8 Å². The minimum Gasteiger partial charge on any atom is -0.494 e. The Labute approximate surface area is 202 Å². The summed E-state index contributed by atoms with van der Waals surface area (Å²) in [4.78, 5) is 33.5. The van der Waals surface area contributed by atoms with Crippen LogP contribution in [0.4, 0.5) is 5.69 Å². The molecule has 0 amide bonds. The molecule has 4 rings (SSSR count). The predicted molar refractivity (Wildman–Crippen MR) is 134 cm³/mol. The van der Waals surface area contributed by atoms with E-state index in [1.807, 2.05) is 49.3 Å². The normalized spacial score (nSPS) is 11.7. The highest BCUT2D eigenvalue weighted by atomic mass is 16.5. The second-order valence-electron chi connectivity index (χ2n) is 8.31. The van der Waals surface area contributed by atoms with Crippen molar-refractivity contribution in [3.63, 3.8) is 0 Å². The number of carboxylic acid groups (broad SMARTS) is 1. The first-order valence-electron chi connectivity index (χ1n) is 10.9. The molecule has 3 aromatic carbocycles. The van der Waals surface area contributed by atoms with Crippen LogP contribution in [0, 0.1) is 0 Å². The van der Waals surface area contributed by atoms with Crippen LogP contribution in [-0.2, 0) is 11.3 Å². The maximum absolute atomic E-state index is 12.0. The van der Waals surface area contributed by atoms with E-state index in [2.05, 4.69) is 4.98 Å². The molecule has 8 heteroatoms. The zero-order valence-electron chi connectivity index (χ0n) is 19.6. The first kappa shape index (κ1) is 23.7. The number of aromatic hydroxyl groups is 1. The van der Waals surface area contributed by atoms with E-state index in [9.17, 15) is 19.8 Å². The zero-order chi connectivity index (χ0) is 25.1. The standard InChI is InChI=1S/C27H25N3O5/c1-30(2)15-18-9-11-19(14-21(18)26(32)33)28-24(16-7-5-4-6-8-16)23-20-12-10-17(27(34)35-3)13-22(20)29-25(23)31/h4-14,29,31H,15H2,1-3H3,(H,32,33). The van der Waals surface area contributed by atoms with Gasteiger partial charge in [0, 0.05) is 23.0 Å². The number of ether oxygens (including phenoxy) is 1. The molecule has 178 valence electrons. The maximum atomic E-state index is 12.0. The number of methoxy groups -OCH3 is 1. The minimum absolute atomic E-state index is 0.118. The van der Waals surface area contributed by atoms with Gasteiger partial charge in [-0.1, -0.05) is 42.5 Å². The fourth-order valence-corrected chi connectivity index (χ4v) is 3.97. The van der Waals surface area contributed by atoms with Crippen molar-refractivity contribution in [3.8, 4) is 5.88 Å². The molecule has 0 aliphatic rings. The number of H-pyrrole nitrogens is 1. The number of hydrogen-bond acceptors (Lipinski definition) is 6. The number of benzene rings is 3. The third kappa shape index (κ3) is 4.92. The Hall–Kier alpha value is -4.43. The highest BCUT2D eigenvalue weighted by Gasteiger charge is 2.20. The summed E-state index contributed by atoms with van der Waals surface area (Å²) in [5, 5.41) is 21.3. The molecule has 1 heterocycles. The lowest BCUT2D eigenvalue weighted by atomic mass is 9.99. The lowest BCUT2D eigenvalue weighted by Gasteiger charge is -2.13. The SMILES string of the molecule is COC(=O)c1ccc2c(C(=Nc3ccc(CN(C)C)c(C(=O)O)c3)c3ccccc3)c(O)[nH]c2c1. The van der Waals surface area contributed by atoms with E-state index in [-0.39, 0.29) is 11.4 Å². The molecule has 0 fully saturated rings. The highest BCUT2D eigenvalue weighted by Crippen LogP contribution is 2.32. The fourth-order valence-electron chi connectivity index (χ4n) is 3.97. The summed E-state index contributed by atoms with van der Waals surface area (Å²) >= 11 is 0. The van der Waals surface area contributed by atoms with Crippen molar-refractivity contribution >= 4 is 34.2 Å². The molecule has 0 atom stereocenters. The number of hydrogen-bond donors (Lipinski definition) is 3. The average molecular weight is 472 g/mol. The number of nitrogens with one attached hydrogen (secondary N) is 1. The van der Waals surface area contributed by atoms with Crippen molar-refractivity contribution in [1.29, 1.82) is 0 Å². The van der Waals surface area contributed by atoms with Crippen LogP contribution in [0.5, 0.6) is 5.88 Å². The van der Waals surface area contributed by atoms with Gasteiger partial charge in [-0.15, -0.1) is 0 Å². The number of carbonyl (C=O) groups excluding carboxylic acids is 1. The Morgan fingerprint density at radius 3 is 2.40 bits per heavy atom. The van der Waals surface area contributed by atoms with Gasteiger partial charge >= 0.3 is 11.9 Å². The first-order valence-corrected chi connectivity index (χ1v) is 10.9. The lowest BCUT2D eigenvalue weighted by molar-refractivity contribution is 0.0600. The largest absolute Gasteiger partial charge is 0.494 e. The van der Waals surface area contributed by atoms with Crippen molar-refractivity contribution in [2.45, 2.75) is 6.54 Å². The molecule has 0 radical (unpaired) electrons. The molecule has 0 aliphatic heterocycles. The van der Waals surface area contributed by atoms with Crippen molar-refractivity contribution in [2.75, 3.05) is 21.2 Å². The smallest absolute Gasteiger partial charge is 0.337 e. The Balaban J connectivity index is 1.91. The van der Waals surface area contributed by atoms with Gasteiger partial charge in [0.15, 0.2) is 5.88 Å². The number of carbonyl (C=O) groups is 2. The second-order valence-corrected chi connectivity index (χ2v) is 8.31. The number of aromatic nitrogens is 1. The van der Waals surface area contributed by atoms with Crippen LogP contribution in [0.1, 0.15) is 37.4 Å². The van der Waals surface area contributed by atoms with Crippen LogP contribution < -0.4 is 0 Å². The minimum atomic E-state index is -1.04. The third-order valence-corrected chi connectivity index (χ3v) is 5.54. The molecule has 1 aromatic heterocycles. The van der Waals surface area contributed by atoms with Crippen LogP contribution in [0.3, 0.4) is 0 Å². The van der Waals surface area contributed by atoms with Gasteiger partial charge in [0.1, 0.15) is 0 Å². The number of nitrogens with zero attached hydrogens (tertiary/aromatic N) is 2. The number of esters is 1. The second kappa shape index (κ2) is 9.82. The van der Waals surface area contributed by atoms with Gasteiger partial charge in [-0.3, -0.25) is 0 Å². The predicted octanol–water partition coefficient (Wildman–Crippen LogP) is 4.59. The van der Waals surface area contributed by atoms with Gasteiger partial charge in [0.05, 0.1) is 35.2 Å². The van der Waals surface area contributed by atoms with Crippen molar-refractivity contribution in [1.82, 2.24) is 9.88 Å². The molecule has 35 heavy (non-hydrogen) atoms. The van der Waals surface area contributed by atoms with Crippen LogP contribution in [0.25, 0.3) is 10.9 Å². The van der Waals surface area contributed by atoms with Gasteiger partial charge in [-0.25, -0.2) is 14.6 Å². The van der Waals surface area contributed by atoms with E-state index in [1.54, 1.807) is 30.3 Å². The monoisotopic (exact) mass is 471 g/mol. The Kier molecular flexibility index (Phi) is 6.66. The van der Waals surface area contributed by atoms with Gasteiger partial charge in [-0.2, -0.15) is 0 Å². The summed E-state index contributed by atoms with van der Waals surface area (Å²) in [5.74, 6) is -1.64. The summed E-state index contributed by atoms with van der Waals surface area (Å²) in [7, 11) is 5.05. The number of rotatable bonds is 7. The molecule has 0 bridgehead atoms. The van der Waals surface area contributed by atoms with E-state index in [4.69, 9.17) is 9.73 Å². The van der Waals surface area contributed by atoms with Crippen LogP contribution in [-0.4, -0.2) is 59.0 Å². The van der Waals surface area contributed by atoms with Gasteiger partial charge in [-0.05, 0) is 43.9 Å². The number of carboxylic acids is 1. The van der Waals surface area contributed by atoms with E-state index < -0.39 is 11.9 Å². The Bertz CT molecular complexity index is 1440. The number of aliphatic imine (C=N–C) groups is 1. The molecular formula is C27H25N3O5. The van der Waals surface area contributed by atoms with Crippen LogP contribution in [0.15, 0.2) is 71.7 Å². The first-order chi connectivity index (χ1) is 16.8. The quantitative estimate of drug-likeness (QED) is 0.268. The summed E-state index contributed by atoms with van der Waals surface area (Å²) in [6.45, 7) is 0.475. The molecule has 0 unspecified atom stereocenters. The van der Waals surface area contributed by atoms with E-state index >= 15 is 0 Å². The number of fused-ring (bicyclic) bond motifs is 1. The average Bonchev–Trinajstić information content (AvgIpc) is 3.17. The molecular weight excluding hydrogens is 446 g/mol. The molecule has 0 saturated carbocycles. The fraction of sp³-hybridized carbons (Fsp3) is 0.148. The van der Waals surface area contributed by atoms with E-state index in [1.165, 1.54) is 13.2 Å². The molecule has 3 N–H and O–H groups in total. The van der Waals surface area contributed by atoms with E-state index in [0.717, 1.165) is 5.56 Å². The molecule has 8 nitrogen and oxygen atoms in total. The molecule has 4 aromatic rings. The summed E-state index contributed by atoms with van der Waals surface area (Å²) in [6, 6.07) is 19.3. The number of aromatic carboxylic acids is 1. The Morgan fingerprint density at radius 1 is 1.00 bits per heavy atom. The summed E-state index contributed by atoms with van der Waals surface area (Å²) in [5.41, 5.74) is 3.78. The van der Waals surface area contributed by atoms with Gasteiger partial charge in [0.25, 0.3) is 0 Å². The molecule has 0 spiro atoms. The van der Waals surface area contributed by atoms with E-state index in [0.29, 0.717) is 45.5 Å². The molecule has 0 aliphatic carbocycles. The highest BCUT2D eigenvalue weighted by molar-refractivity contribution is 6.22. The third-order valence-electron chi connectivity index (χ3n) is 5.54. The van der Waals surface area contributed by atoms with Crippen LogP contribution in [0.2, 0.25) is 0 Å². The maximum Gasteiger partial charge on any atom is 0.337 e. The Morgan fingerprint density at radius 2 is 1.74 bits per heavy atom. The topological polar surface area (TPSA) is 115 Å². The zero-order valence-corrected chi connectivity index (χ0v) is 19.6.